The minimum absolute atomic E-state index is 0.0269. The zero-order chi connectivity index (χ0) is 20.9. The van der Waals surface area contributed by atoms with Gasteiger partial charge in [-0.1, -0.05) is 12.1 Å². The Kier molecular flexibility index (Phi) is 6.31. The van der Waals surface area contributed by atoms with Gasteiger partial charge in [0, 0.05) is 37.5 Å². The number of aryl methyl sites for hydroxylation is 2. The van der Waals surface area contributed by atoms with Gasteiger partial charge >= 0.3 is 0 Å². The SMILES string of the molecule is O=C(CCC(=O)c1ccc2c(c1)CCCC2)NC1CCN(C(=O)c2ccoc2)CC1. The molecule has 0 spiro atoms. The lowest BCUT2D eigenvalue weighted by Crippen LogP contribution is -2.46. The van der Waals surface area contributed by atoms with E-state index in [4.69, 9.17) is 4.42 Å². The van der Waals surface area contributed by atoms with Crippen molar-refractivity contribution in [1.82, 2.24) is 10.2 Å². The van der Waals surface area contributed by atoms with Gasteiger partial charge in [0.1, 0.15) is 6.26 Å². The first-order chi connectivity index (χ1) is 14.6. The van der Waals surface area contributed by atoms with Crippen LogP contribution in [0.5, 0.6) is 0 Å². The molecule has 2 heterocycles. The Morgan fingerprint density at radius 3 is 2.47 bits per heavy atom. The van der Waals surface area contributed by atoms with E-state index in [2.05, 4.69) is 11.4 Å². The summed E-state index contributed by atoms with van der Waals surface area (Å²) in [6.07, 6.45) is 9.34. The zero-order valence-electron chi connectivity index (χ0n) is 17.2. The van der Waals surface area contributed by atoms with Gasteiger partial charge < -0.3 is 14.6 Å². The highest BCUT2D eigenvalue weighted by Crippen LogP contribution is 2.23. The number of benzene rings is 1. The summed E-state index contributed by atoms with van der Waals surface area (Å²) in [7, 11) is 0. The number of carbonyl (C=O) groups is 3. The van der Waals surface area contributed by atoms with Crippen molar-refractivity contribution < 1.29 is 18.8 Å². The number of piperidine rings is 1. The minimum Gasteiger partial charge on any atom is -0.472 e. The summed E-state index contributed by atoms with van der Waals surface area (Å²) in [6.45, 7) is 1.20. The standard InChI is InChI=1S/C24H28N2O4/c27-22(19-6-5-17-3-1-2-4-18(17)15-19)7-8-23(28)25-21-9-12-26(13-10-21)24(29)20-11-14-30-16-20/h5-6,11,14-16,21H,1-4,7-10,12-13H2,(H,25,28). The number of rotatable bonds is 6. The Bertz CT molecular complexity index is 911. The average Bonchev–Trinajstić information content (AvgIpc) is 3.32. The van der Waals surface area contributed by atoms with E-state index in [0.717, 1.165) is 18.4 Å². The molecule has 0 bridgehead atoms. The van der Waals surface area contributed by atoms with E-state index in [0.29, 0.717) is 31.5 Å². The normalized spacial score (nSPS) is 16.7. The molecule has 0 atom stereocenters. The van der Waals surface area contributed by atoms with Gasteiger partial charge in [0.05, 0.1) is 11.8 Å². The lowest BCUT2D eigenvalue weighted by atomic mass is 9.89. The van der Waals surface area contributed by atoms with E-state index in [9.17, 15) is 14.4 Å². The molecule has 6 nitrogen and oxygen atoms in total. The molecule has 158 valence electrons. The summed E-state index contributed by atoms with van der Waals surface area (Å²) in [5.74, 6) is -0.107. The van der Waals surface area contributed by atoms with Crippen LogP contribution in [0.25, 0.3) is 0 Å². The van der Waals surface area contributed by atoms with Crippen LogP contribution in [-0.2, 0) is 17.6 Å². The third-order valence-corrected chi connectivity index (χ3v) is 6.17. The maximum absolute atomic E-state index is 12.5. The lowest BCUT2D eigenvalue weighted by molar-refractivity contribution is -0.122. The lowest BCUT2D eigenvalue weighted by Gasteiger charge is -2.32. The highest BCUT2D eigenvalue weighted by molar-refractivity contribution is 5.98. The molecule has 2 aromatic rings. The second-order valence-electron chi connectivity index (χ2n) is 8.26. The van der Waals surface area contributed by atoms with Gasteiger partial charge in [-0.25, -0.2) is 0 Å². The number of furan rings is 1. The maximum Gasteiger partial charge on any atom is 0.257 e. The molecule has 1 N–H and O–H groups in total. The van der Waals surface area contributed by atoms with E-state index in [1.165, 1.54) is 36.5 Å². The smallest absolute Gasteiger partial charge is 0.257 e. The average molecular weight is 408 g/mol. The highest BCUT2D eigenvalue weighted by atomic mass is 16.3. The predicted octanol–water partition coefficient (Wildman–Crippen LogP) is 3.54. The molecule has 1 aliphatic heterocycles. The Hall–Kier alpha value is -2.89. The molecule has 2 amide bonds. The van der Waals surface area contributed by atoms with Crippen molar-refractivity contribution in [3.05, 3.63) is 59.0 Å². The Balaban J connectivity index is 1.21. The summed E-state index contributed by atoms with van der Waals surface area (Å²) in [5, 5.41) is 3.02. The Labute approximate surface area is 176 Å². The minimum atomic E-state index is -0.0964. The molecule has 4 rings (SSSR count). The van der Waals surface area contributed by atoms with Crippen LogP contribution in [0.2, 0.25) is 0 Å². The van der Waals surface area contributed by atoms with Crippen LogP contribution in [-0.4, -0.2) is 41.6 Å². The van der Waals surface area contributed by atoms with Crippen molar-refractivity contribution in [1.29, 1.82) is 0 Å². The molecule has 6 heteroatoms. The fourth-order valence-electron chi connectivity index (χ4n) is 4.37. The monoisotopic (exact) mass is 408 g/mol. The maximum atomic E-state index is 12.5. The van der Waals surface area contributed by atoms with E-state index in [1.54, 1.807) is 11.0 Å². The van der Waals surface area contributed by atoms with Crippen LogP contribution < -0.4 is 5.32 Å². The molecule has 2 aliphatic rings. The predicted molar refractivity (Wildman–Crippen MR) is 112 cm³/mol. The topological polar surface area (TPSA) is 79.6 Å². The number of hydrogen-bond acceptors (Lipinski definition) is 4. The van der Waals surface area contributed by atoms with Gasteiger partial charge in [-0.05, 0) is 61.8 Å². The molecule has 1 aromatic heterocycles. The second-order valence-corrected chi connectivity index (χ2v) is 8.26. The van der Waals surface area contributed by atoms with Crippen molar-refractivity contribution in [3.8, 4) is 0 Å². The van der Waals surface area contributed by atoms with Crippen molar-refractivity contribution in [2.24, 2.45) is 0 Å². The third-order valence-electron chi connectivity index (χ3n) is 6.17. The van der Waals surface area contributed by atoms with E-state index >= 15 is 0 Å². The molecule has 0 saturated carbocycles. The van der Waals surface area contributed by atoms with Crippen LogP contribution in [0.1, 0.15) is 70.4 Å². The number of fused-ring (bicyclic) bond motifs is 1. The fourth-order valence-corrected chi connectivity index (χ4v) is 4.37. The van der Waals surface area contributed by atoms with Gasteiger partial charge in [0.15, 0.2) is 5.78 Å². The van der Waals surface area contributed by atoms with Gasteiger partial charge in [0.25, 0.3) is 5.91 Å². The van der Waals surface area contributed by atoms with Crippen LogP contribution >= 0.6 is 0 Å². The molecular weight excluding hydrogens is 380 g/mol. The van der Waals surface area contributed by atoms with E-state index in [1.807, 2.05) is 12.1 Å². The molecular formula is C24H28N2O4. The van der Waals surface area contributed by atoms with Crippen molar-refractivity contribution in [2.45, 2.75) is 57.4 Å². The number of ketones is 1. The second kappa shape index (κ2) is 9.28. The number of nitrogens with one attached hydrogen (secondary N) is 1. The van der Waals surface area contributed by atoms with Crippen LogP contribution in [0.4, 0.5) is 0 Å². The number of Topliss-reactive ketones (excluding diaryl/α,β-unsaturated/α-hetero) is 1. The van der Waals surface area contributed by atoms with Gasteiger partial charge in [0.2, 0.25) is 5.91 Å². The highest BCUT2D eigenvalue weighted by Gasteiger charge is 2.25. The molecule has 1 aliphatic carbocycles. The third kappa shape index (κ3) is 4.81. The number of amides is 2. The van der Waals surface area contributed by atoms with Crippen molar-refractivity contribution >= 4 is 17.6 Å². The van der Waals surface area contributed by atoms with Crippen molar-refractivity contribution in [2.75, 3.05) is 13.1 Å². The Morgan fingerprint density at radius 1 is 0.967 bits per heavy atom. The van der Waals surface area contributed by atoms with Crippen molar-refractivity contribution in [3.63, 3.8) is 0 Å². The molecule has 0 unspecified atom stereocenters. The summed E-state index contributed by atoms with van der Waals surface area (Å²) < 4.78 is 4.97. The molecule has 30 heavy (non-hydrogen) atoms. The number of carbonyl (C=O) groups excluding carboxylic acids is 3. The largest absolute Gasteiger partial charge is 0.472 e. The number of nitrogens with zero attached hydrogens (tertiary/aromatic N) is 1. The quantitative estimate of drug-likeness (QED) is 0.742. The fraction of sp³-hybridized carbons (Fsp3) is 0.458. The van der Waals surface area contributed by atoms with Gasteiger partial charge in [-0.2, -0.15) is 0 Å². The molecule has 0 radical (unpaired) electrons. The zero-order valence-corrected chi connectivity index (χ0v) is 17.2. The van der Waals surface area contributed by atoms with E-state index < -0.39 is 0 Å². The van der Waals surface area contributed by atoms with Gasteiger partial charge in [-0.3, -0.25) is 14.4 Å². The summed E-state index contributed by atoms with van der Waals surface area (Å²) in [4.78, 5) is 39.0. The van der Waals surface area contributed by atoms with Gasteiger partial charge in [-0.15, -0.1) is 0 Å². The molecule has 1 aromatic carbocycles. The summed E-state index contributed by atoms with van der Waals surface area (Å²) >= 11 is 0. The van der Waals surface area contributed by atoms with Crippen LogP contribution in [0, 0.1) is 0 Å². The number of likely N-dealkylation sites (tertiary alicyclic amines) is 1. The molecule has 1 fully saturated rings. The van der Waals surface area contributed by atoms with E-state index in [-0.39, 0.29) is 36.5 Å². The first kappa shape index (κ1) is 20.4. The first-order valence-corrected chi connectivity index (χ1v) is 10.9. The van der Waals surface area contributed by atoms with Crippen LogP contribution in [0.15, 0.2) is 41.2 Å². The summed E-state index contributed by atoms with van der Waals surface area (Å²) in [5.41, 5.74) is 3.91. The molecule has 1 saturated heterocycles. The Morgan fingerprint density at radius 2 is 1.73 bits per heavy atom. The first-order valence-electron chi connectivity index (χ1n) is 10.9. The number of hydrogen-bond donors (Lipinski definition) is 1. The summed E-state index contributed by atoms with van der Waals surface area (Å²) in [6, 6.07) is 7.69. The van der Waals surface area contributed by atoms with Crippen LogP contribution in [0.3, 0.4) is 0 Å².